The monoisotopic (exact) mass is 223 g/mol. The van der Waals surface area contributed by atoms with E-state index < -0.39 is 0 Å². The van der Waals surface area contributed by atoms with Crippen molar-refractivity contribution in [2.45, 2.75) is 13.8 Å². The van der Waals surface area contributed by atoms with Crippen LogP contribution in [0.4, 0.5) is 11.4 Å². The highest BCUT2D eigenvalue weighted by molar-refractivity contribution is 5.67. The van der Waals surface area contributed by atoms with Crippen molar-refractivity contribution < 1.29 is 0 Å². The van der Waals surface area contributed by atoms with Crippen molar-refractivity contribution in [2.24, 2.45) is 0 Å². The smallest absolute Gasteiger partial charge is 0.0458 e. The zero-order valence-electron chi connectivity index (χ0n) is 10.3. The third-order valence-corrected chi connectivity index (χ3v) is 2.80. The molecule has 0 amide bonds. The molecule has 2 rings (SSSR count). The van der Waals surface area contributed by atoms with E-state index in [-0.39, 0.29) is 0 Å². The number of nitrogens with zero attached hydrogens (tertiary/aromatic N) is 1. The summed E-state index contributed by atoms with van der Waals surface area (Å²) in [6.07, 6.45) is 2.12. The Balaban J connectivity index is 2.47. The molecule has 0 fully saturated rings. The maximum atomic E-state index is 2.25. The Labute approximate surface area is 103 Å². The first kappa shape index (κ1) is 11.5. The van der Waals surface area contributed by atoms with Gasteiger partial charge in [0, 0.05) is 17.1 Å². The molecule has 0 saturated heterocycles. The average molecular weight is 223 g/mol. The van der Waals surface area contributed by atoms with Crippen molar-refractivity contribution in [3.05, 3.63) is 72.4 Å². The first-order valence-electron chi connectivity index (χ1n) is 5.86. The van der Waals surface area contributed by atoms with Crippen LogP contribution >= 0.6 is 0 Å². The number of anilines is 2. The molecule has 2 aromatic carbocycles. The van der Waals surface area contributed by atoms with E-state index in [1.54, 1.807) is 0 Å². The van der Waals surface area contributed by atoms with Gasteiger partial charge in [-0.2, -0.15) is 0 Å². The normalized spacial score (nSPS) is 11.3. The summed E-state index contributed by atoms with van der Waals surface area (Å²) in [4.78, 5) is 2.25. The quantitative estimate of drug-likeness (QED) is 0.726. The van der Waals surface area contributed by atoms with Gasteiger partial charge < -0.3 is 4.90 Å². The second-order valence-electron chi connectivity index (χ2n) is 3.94. The highest BCUT2D eigenvalue weighted by atomic mass is 15.1. The van der Waals surface area contributed by atoms with Gasteiger partial charge in [0.1, 0.15) is 0 Å². The number of hydrogen-bond donors (Lipinski definition) is 0. The maximum absolute atomic E-state index is 2.25. The summed E-state index contributed by atoms with van der Waals surface area (Å²) in [6, 6.07) is 20.8. The molecule has 1 nitrogen and oxygen atoms in total. The number of rotatable bonds is 3. The summed E-state index contributed by atoms with van der Waals surface area (Å²) >= 11 is 0. The molecular formula is C16H17N. The van der Waals surface area contributed by atoms with E-state index in [1.165, 1.54) is 17.1 Å². The standard InChI is InChI=1S/C16H17N/c1-3-14(2)17(15-10-6-4-7-11-15)16-12-8-5-9-13-16/h3-13H,1-2H3/b14-3+. The molecule has 1 heteroatoms. The molecule has 0 saturated carbocycles. The number of para-hydroxylation sites is 2. The van der Waals surface area contributed by atoms with Gasteiger partial charge in [0.05, 0.1) is 0 Å². The van der Waals surface area contributed by atoms with Crippen molar-refractivity contribution in [1.29, 1.82) is 0 Å². The fourth-order valence-corrected chi connectivity index (χ4v) is 1.84. The van der Waals surface area contributed by atoms with Gasteiger partial charge in [-0.3, -0.25) is 0 Å². The highest BCUT2D eigenvalue weighted by Crippen LogP contribution is 2.28. The molecule has 0 aromatic heterocycles. The van der Waals surface area contributed by atoms with Crippen LogP contribution in [0.3, 0.4) is 0 Å². The van der Waals surface area contributed by atoms with Crippen LogP contribution in [-0.4, -0.2) is 0 Å². The lowest BCUT2D eigenvalue weighted by molar-refractivity contribution is 1.15. The van der Waals surface area contributed by atoms with Crippen LogP contribution in [0, 0.1) is 0 Å². The molecular weight excluding hydrogens is 206 g/mol. The minimum atomic E-state index is 1.19. The van der Waals surface area contributed by atoms with Gasteiger partial charge in [-0.15, -0.1) is 0 Å². The summed E-state index contributed by atoms with van der Waals surface area (Å²) in [5.74, 6) is 0. The van der Waals surface area contributed by atoms with Crippen molar-refractivity contribution in [1.82, 2.24) is 0 Å². The third-order valence-electron chi connectivity index (χ3n) is 2.80. The van der Waals surface area contributed by atoms with E-state index in [2.05, 4.69) is 73.4 Å². The lowest BCUT2D eigenvalue weighted by Crippen LogP contribution is -2.13. The highest BCUT2D eigenvalue weighted by Gasteiger charge is 2.09. The number of hydrogen-bond acceptors (Lipinski definition) is 1. The molecule has 86 valence electrons. The Hall–Kier alpha value is -2.02. The lowest BCUT2D eigenvalue weighted by atomic mass is 10.2. The topological polar surface area (TPSA) is 3.24 Å². The largest absolute Gasteiger partial charge is 0.315 e. The van der Waals surface area contributed by atoms with Crippen LogP contribution in [0.15, 0.2) is 72.4 Å². The van der Waals surface area contributed by atoms with Crippen molar-refractivity contribution in [3.63, 3.8) is 0 Å². The van der Waals surface area contributed by atoms with Crippen molar-refractivity contribution in [2.75, 3.05) is 4.90 Å². The van der Waals surface area contributed by atoms with Crippen LogP contribution in [-0.2, 0) is 0 Å². The van der Waals surface area contributed by atoms with E-state index in [9.17, 15) is 0 Å². The Morgan fingerprint density at radius 3 is 1.59 bits per heavy atom. The molecule has 0 aliphatic heterocycles. The van der Waals surface area contributed by atoms with E-state index in [1.807, 2.05) is 12.1 Å². The summed E-state index contributed by atoms with van der Waals surface area (Å²) in [7, 11) is 0. The minimum Gasteiger partial charge on any atom is -0.315 e. The summed E-state index contributed by atoms with van der Waals surface area (Å²) < 4.78 is 0. The van der Waals surface area contributed by atoms with E-state index in [4.69, 9.17) is 0 Å². The molecule has 0 spiro atoms. The van der Waals surface area contributed by atoms with Crippen LogP contribution in [0.5, 0.6) is 0 Å². The zero-order valence-corrected chi connectivity index (χ0v) is 10.3. The molecule has 2 aromatic rings. The molecule has 0 unspecified atom stereocenters. The summed E-state index contributed by atoms with van der Waals surface area (Å²) in [6.45, 7) is 4.19. The molecule has 0 radical (unpaired) electrons. The van der Waals surface area contributed by atoms with Gasteiger partial charge in [0.2, 0.25) is 0 Å². The zero-order chi connectivity index (χ0) is 12.1. The molecule has 0 bridgehead atoms. The first-order valence-corrected chi connectivity index (χ1v) is 5.86. The minimum absolute atomic E-state index is 1.19. The molecule has 17 heavy (non-hydrogen) atoms. The summed E-state index contributed by atoms with van der Waals surface area (Å²) in [5, 5.41) is 0. The molecule has 0 atom stereocenters. The average Bonchev–Trinajstić information content (AvgIpc) is 2.41. The van der Waals surface area contributed by atoms with E-state index in [0.29, 0.717) is 0 Å². The molecule has 0 aliphatic carbocycles. The van der Waals surface area contributed by atoms with Crippen LogP contribution < -0.4 is 4.90 Å². The van der Waals surface area contributed by atoms with Gasteiger partial charge in [-0.25, -0.2) is 0 Å². The Kier molecular flexibility index (Phi) is 3.61. The molecule has 0 N–H and O–H groups in total. The Morgan fingerprint density at radius 2 is 1.24 bits per heavy atom. The number of allylic oxidation sites excluding steroid dienone is 2. The Morgan fingerprint density at radius 1 is 0.824 bits per heavy atom. The fraction of sp³-hybridized carbons (Fsp3) is 0.125. The SMILES string of the molecule is C/C=C(\C)N(c1ccccc1)c1ccccc1. The molecule has 0 aliphatic rings. The van der Waals surface area contributed by atoms with E-state index in [0.717, 1.165) is 0 Å². The van der Waals surface area contributed by atoms with Gasteiger partial charge >= 0.3 is 0 Å². The third kappa shape index (κ3) is 2.56. The van der Waals surface area contributed by atoms with Crippen molar-refractivity contribution in [3.8, 4) is 0 Å². The summed E-state index contributed by atoms with van der Waals surface area (Å²) in [5.41, 5.74) is 3.60. The van der Waals surface area contributed by atoms with Crippen LogP contribution in [0.2, 0.25) is 0 Å². The second kappa shape index (κ2) is 5.35. The number of benzene rings is 2. The van der Waals surface area contributed by atoms with Crippen LogP contribution in [0.25, 0.3) is 0 Å². The predicted molar refractivity (Wildman–Crippen MR) is 74.5 cm³/mol. The first-order chi connectivity index (χ1) is 8.33. The second-order valence-corrected chi connectivity index (χ2v) is 3.94. The van der Waals surface area contributed by atoms with Gasteiger partial charge in [-0.1, -0.05) is 42.5 Å². The predicted octanol–water partition coefficient (Wildman–Crippen LogP) is 4.75. The molecule has 0 heterocycles. The fourth-order valence-electron chi connectivity index (χ4n) is 1.84. The lowest BCUT2D eigenvalue weighted by Gasteiger charge is -2.25. The van der Waals surface area contributed by atoms with Crippen molar-refractivity contribution >= 4 is 11.4 Å². The Bertz CT molecular complexity index is 446. The van der Waals surface area contributed by atoms with Crippen LogP contribution in [0.1, 0.15) is 13.8 Å². The van der Waals surface area contributed by atoms with Gasteiger partial charge in [0.25, 0.3) is 0 Å². The van der Waals surface area contributed by atoms with Gasteiger partial charge in [-0.05, 0) is 38.1 Å². The van der Waals surface area contributed by atoms with E-state index >= 15 is 0 Å². The van der Waals surface area contributed by atoms with Gasteiger partial charge in [0.15, 0.2) is 0 Å². The maximum Gasteiger partial charge on any atom is 0.0458 e.